The molecule has 174 valence electrons. The van der Waals surface area contributed by atoms with Crippen LogP contribution in [0.15, 0.2) is 53.4 Å². The molecule has 1 amide bonds. The van der Waals surface area contributed by atoms with Gasteiger partial charge in [-0.05, 0) is 55.4 Å². The number of rotatable bonds is 8. The Labute approximate surface area is 189 Å². The highest BCUT2D eigenvalue weighted by atomic mass is 32.2. The van der Waals surface area contributed by atoms with Crippen molar-refractivity contribution in [3.05, 3.63) is 59.9 Å². The highest BCUT2D eigenvalue weighted by molar-refractivity contribution is 7.89. The van der Waals surface area contributed by atoms with Crippen LogP contribution >= 0.6 is 0 Å². The van der Waals surface area contributed by atoms with Gasteiger partial charge in [-0.1, -0.05) is 19.1 Å². The standard InChI is InChI=1S/C23H30FN3O4S/c1-4-25(18(2)19-6-5-7-21(16-19)31-3)17-23(28)26-12-14-27(15-13-26)32(29,30)22-10-8-20(24)9-11-22/h5-11,16,18H,4,12-15,17H2,1-3H3. The minimum absolute atomic E-state index is 0.0270. The predicted molar refractivity (Wildman–Crippen MR) is 120 cm³/mol. The van der Waals surface area contributed by atoms with Gasteiger partial charge in [0.2, 0.25) is 15.9 Å². The van der Waals surface area contributed by atoms with E-state index in [1.165, 1.54) is 16.4 Å². The Balaban J connectivity index is 1.60. The number of nitrogens with zero attached hydrogens (tertiary/aromatic N) is 3. The Hall–Kier alpha value is -2.49. The topological polar surface area (TPSA) is 70.2 Å². The van der Waals surface area contributed by atoms with Crippen molar-refractivity contribution in [2.75, 3.05) is 46.4 Å². The molecule has 0 aromatic heterocycles. The highest BCUT2D eigenvalue weighted by Crippen LogP contribution is 2.24. The molecular formula is C23H30FN3O4S. The lowest BCUT2D eigenvalue weighted by molar-refractivity contribution is -0.134. The number of hydrogen-bond acceptors (Lipinski definition) is 5. The molecule has 1 atom stereocenters. The van der Waals surface area contributed by atoms with Gasteiger partial charge in [-0.15, -0.1) is 0 Å². The first kappa shape index (κ1) is 24.2. The fourth-order valence-electron chi connectivity index (χ4n) is 3.84. The third-order valence-electron chi connectivity index (χ3n) is 5.91. The Bertz CT molecular complexity index is 1020. The molecule has 2 aromatic carbocycles. The van der Waals surface area contributed by atoms with E-state index in [9.17, 15) is 17.6 Å². The normalized spacial score (nSPS) is 16.2. The lowest BCUT2D eigenvalue weighted by Gasteiger charge is -2.36. The zero-order valence-corrected chi connectivity index (χ0v) is 19.5. The molecule has 0 radical (unpaired) electrons. The molecular weight excluding hydrogens is 433 g/mol. The van der Waals surface area contributed by atoms with E-state index >= 15 is 0 Å². The molecule has 0 saturated carbocycles. The van der Waals surface area contributed by atoms with Gasteiger partial charge in [0.25, 0.3) is 0 Å². The van der Waals surface area contributed by atoms with Crippen LogP contribution in [0.1, 0.15) is 25.5 Å². The average molecular weight is 464 g/mol. The van der Waals surface area contributed by atoms with Gasteiger partial charge in [-0.3, -0.25) is 9.69 Å². The van der Waals surface area contributed by atoms with Gasteiger partial charge in [0.15, 0.2) is 0 Å². The van der Waals surface area contributed by atoms with Crippen molar-refractivity contribution in [1.29, 1.82) is 0 Å². The number of ether oxygens (including phenoxy) is 1. The predicted octanol–water partition coefficient (Wildman–Crippen LogP) is 2.75. The second-order valence-corrected chi connectivity index (χ2v) is 9.69. The second kappa shape index (κ2) is 10.4. The van der Waals surface area contributed by atoms with Crippen LogP contribution in [-0.2, 0) is 14.8 Å². The summed E-state index contributed by atoms with van der Waals surface area (Å²) in [6.07, 6.45) is 0. The van der Waals surface area contributed by atoms with Gasteiger partial charge in [-0.25, -0.2) is 12.8 Å². The molecule has 32 heavy (non-hydrogen) atoms. The van der Waals surface area contributed by atoms with Crippen LogP contribution in [-0.4, -0.2) is 74.8 Å². The van der Waals surface area contributed by atoms with Gasteiger partial charge in [0.05, 0.1) is 18.6 Å². The Morgan fingerprint density at radius 2 is 1.78 bits per heavy atom. The molecule has 1 aliphatic heterocycles. The van der Waals surface area contributed by atoms with Crippen LogP contribution in [0.25, 0.3) is 0 Å². The summed E-state index contributed by atoms with van der Waals surface area (Å²) in [7, 11) is -2.08. The van der Waals surface area contributed by atoms with Crippen molar-refractivity contribution < 1.29 is 22.3 Å². The van der Waals surface area contributed by atoms with E-state index in [-0.39, 0.29) is 36.5 Å². The summed E-state index contributed by atoms with van der Waals surface area (Å²) < 4.78 is 45.3. The molecule has 1 unspecified atom stereocenters. The second-order valence-electron chi connectivity index (χ2n) is 7.75. The van der Waals surface area contributed by atoms with E-state index < -0.39 is 15.8 Å². The average Bonchev–Trinajstić information content (AvgIpc) is 2.82. The Kier molecular flexibility index (Phi) is 7.86. The van der Waals surface area contributed by atoms with Gasteiger partial charge in [-0.2, -0.15) is 4.31 Å². The summed E-state index contributed by atoms with van der Waals surface area (Å²) in [5.41, 5.74) is 1.06. The number of sulfonamides is 1. The molecule has 7 nitrogen and oxygen atoms in total. The third-order valence-corrected chi connectivity index (χ3v) is 7.82. The van der Waals surface area contributed by atoms with Crippen LogP contribution in [0.4, 0.5) is 4.39 Å². The molecule has 2 aromatic rings. The van der Waals surface area contributed by atoms with Gasteiger partial charge >= 0.3 is 0 Å². The van der Waals surface area contributed by atoms with Crippen molar-refractivity contribution in [3.8, 4) is 5.75 Å². The SMILES string of the molecule is CCN(CC(=O)N1CCN(S(=O)(=O)c2ccc(F)cc2)CC1)C(C)c1cccc(OC)c1. The minimum atomic E-state index is -3.71. The summed E-state index contributed by atoms with van der Waals surface area (Å²) in [5.74, 6) is 0.263. The van der Waals surface area contributed by atoms with Crippen molar-refractivity contribution in [2.24, 2.45) is 0 Å². The lowest BCUT2D eigenvalue weighted by Crippen LogP contribution is -2.52. The number of amides is 1. The number of methoxy groups -OCH3 is 1. The van der Waals surface area contributed by atoms with Gasteiger partial charge < -0.3 is 9.64 Å². The molecule has 1 fully saturated rings. The molecule has 1 saturated heterocycles. The first-order valence-corrected chi connectivity index (χ1v) is 12.1. The molecule has 0 spiro atoms. The molecule has 9 heteroatoms. The van der Waals surface area contributed by atoms with E-state index in [4.69, 9.17) is 4.74 Å². The fraction of sp³-hybridized carbons (Fsp3) is 0.435. The number of carbonyl (C=O) groups excluding carboxylic acids is 1. The van der Waals surface area contributed by atoms with Crippen LogP contribution < -0.4 is 4.74 Å². The number of halogens is 1. The Morgan fingerprint density at radius 3 is 2.38 bits per heavy atom. The smallest absolute Gasteiger partial charge is 0.243 e. The molecule has 1 heterocycles. The third kappa shape index (κ3) is 5.46. The van der Waals surface area contributed by atoms with Crippen molar-refractivity contribution in [1.82, 2.24) is 14.1 Å². The van der Waals surface area contributed by atoms with Crippen LogP contribution in [0.2, 0.25) is 0 Å². The molecule has 0 N–H and O–H groups in total. The summed E-state index contributed by atoms with van der Waals surface area (Å²) >= 11 is 0. The molecule has 3 rings (SSSR count). The molecule has 0 bridgehead atoms. The van der Waals surface area contributed by atoms with Crippen molar-refractivity contribution in [2.45, 2.75) is 24.8 Å². The van der Waals surface area contributed by atoms with Crippen LogP contribution in [0.5, 0.6) is 5.75 Å². The number of benzene rings is 2. The zero-order chi connectivity index (χ0) is 23.3. The first-order chi connectivity index (χ1) is 15.3. The Morgan fingerprint density at radius 1 is 1.12 bits per heavy atom. The van der Waals surface area contributed by atoms with Crippen molar-refractivity contribution >= 4 is 15.9 Å². The highest BCUT2D eigenvalue weighted by Gasteiger charge is 2.31. The van der Waals surface area contributed by atoms with Gasteiger partial charge in [0.1, 0.15) is 11.6 Å². The van der Waals surface area contributed by atoms with E-state index in [0.29, 0.717) is 19.6 Å². The number of hydrogen-bond donors (Lipinski definition) is 0. The van der Waals surface area contributed by atoms with E-state index in [2.05, 4.69) is 11.8 Å². The summed E-state index contributed by atoms with van der Waals surface area (Å²) in [6, 6.07) is 12.6. The monoisotopic (exact) mass is 463 g/mol. The van der Waals surface area contributed by atoms with Crippen LogP contribution in [0, 0.1) is 5.82 Å². The maximum atomic E-state index is 13.1. The van der Waals surface area contributed by atoms with E-state index in [0.717, 1.165) is 23.4 Å². The number of likely N-dealkylation sites (N-methyl/N-ethyl adjacent to an activating group) is 1. The maximum Gasteiger partial charge on any atom is 0.243 e. The summed E-state index contributed by atoms with van der Waals surface area (Å²) in [6.45, 7) is 6.08. The minimum Gasteiger partial charge on any atom is -0.497 e. The van der Waals surface area contributed by atoms with E-state index in [1.54, 1.807) is 12.0 Å². The fourth-order valence-corrected chi connectivity index (χ4v) is 5.26. The van der Waals surface area contributed by atoms with Crippen molar-refractivity contribution in [3.63, 3.8) is 0 Å². The van der Waals surface area contributed by atoms with Gasteiger partial charge in [0, 0.05) is 32.2 Å². The zero-order valence-electron chi connectivity index (χ0n) is 18.7. The quantitative estimate of drug-likeness (QED) is 0.602. The largest absolute Gasteiger partial charge is 0.497 e. The first-order valence-electron chi connectivity index (χ1n) is 10.7. The number of piperazine rings is 1. The number of carbonyl (C=O) groups is 1. The maximum absolute atomic E-state index is 13.1. The summed E-state index contributed by atoms with van der Waals surface area (Å²) in [4.78, 5) is 16.8. The molecule has 1 aliphatic rings. The summed E-state index contributed by atoms with van der Waals surface area (Å²) in [5, 5.41) is 0. The lowest BCUT2D eigenvalue weighted by atomic mass is 10.1. The van der Waals surface area contributed by atoms with E-state index in [1.807, 2.05) is 31.2 Å². The van der Waals surface area contributed by atoms with Crippen LogP contribution in [0.3, 0.4) is 0 Å². The molecule has 0 aliphatic carbocycles.